The number of nitrogens with one attached hydrogen (secondary N) is 2. The van der Waals surface area contributed by atoms with Gasteiger partial charge < -0.3 is 15.4 Å². The first-order valence-corrected chi connectivity index (χ1v) is 7.10. The zero-order chi connectivity index (χ0) is 16.2. The van der Waals surface area contributed by atoms with E-state index in [-0.39, 0.29) is 0 Å². The molecule has 21 heavy (non-hydrogen) atoms. The Labute approximate surface area is 133 Å². The summed E-state index contributed by atoms with van der Waals surface area (Å²) in [6.45, 7) is 6.74. The van der Waals surface area contributed by atoms with Gasteiger partial charge in [-0.15, -0.1) is 0 Å². The van der Waals surface area contributed by atoms with Gasteiger partial charge in [-0.2, -0.15) is 0 Å². The van der Waals surface area contributed by atoms with Gasteiger partial charge in [-0.3, -0.25) is 4.79 Å². The molecule has 0 bridgehead atoms. The summed E-state index contributed by atoms with van der Waals surface area (Å²) in [4.78, 5) is 23.6. The Morgan fingerprint density at radius 1 is 1.19 bits per heavy atom. The van der Waals surface area contributed by atoms with Crippen LogP contribution in [0, 0.1) is 0 Å². The molecule has 1 unspecified atom stereocenters. The number of alkyl carbamates (subject to hydrolysis) is 1. The van der Waals surface area contributed by atoms with Crippen molar-refractivity contribution >= 4 is 40.9 Å². The van der Waals surface area contributed by atoms with E-state index < -0.39 is 23.6 Å². The van der Waals surface area contributed by atoms with Crippen molar-refractivity contribution in [3.63, 3.8) is 0 Å². The van der Waals surface area contributed by atoms with Crippen LogP contribution in [0.25, 0.3) is 0 Å². The van der Waals surface area contributed by atoms with Crippen molar-refractivity contribution in [3.05, 3.63) is 28.2 Å². The Balaban J connectivity index is 2.65. The van der Waals surface area contributed by atoms with Gasteiger partial charge in [0, 0.05) is 0 Å². The molecule has 1 aromatic rings. The summed E-state index contributed by atoms with van der Waals surface area (Å²) < 4.78 is 5.07. The normalized spacial score (nSPS) is 12.5. The van der Waals surface area contributed by atoms with Gasteiger partial charge >= 0.3 is 6.09 Å². The molecule has 0 aromatic heterocycles. The number of benzene rings is 1. The predicted molar refractivity (Wildman–Crippen MR) is 83.9 cm³/mol. The summed E-state index contributed by atoms with van der Waals surface area (Å²) >= 11 is 11.9. The lowest BCUT2D eigenvalue weighted by atomic mass is 10.2. The molecule has 0 aliphatic rings. The molecule has 1 aromatic carbocycles. The number of amides is 2. The van der Waals surface area contributed by atoms with Crippen LogP contribution in [0.5, 0.6) is 0 Å². The molecule has 0 saturated carbocycles. The van der Waals surface area contributed by atoms with Crippen LogP contribution in [0.1, 0.15) is 27.7 Å². The Morgan fingerprint density at radius 3 is 2.19 bits per heavy atom. The lowest BCUT2D eigenvalue weighted by Crippen LogP contribution is -2.44. The molecule has 1 rings (SSSR count). The van der Waals surface area contributed by atoms with E-state index in [0.29, 0.717) is 15.7 Å². The van der Waals surface area contributed by atoms with Gasteiger partial charge in [-0.1, -0.05) is 29.3 Å². The first-order chi connectivity index (χ1) is 9.60. The maximum absolute atomic E-state index is 12.0. The van der Waals surface area contributed by atoms with E-state index in [9.17, 15) is 9.59 Å². The molecular formula is C14H18Cl2N2O3. The summed E-state index contributed by atoms with van der Waals surface area (Å²) in [5, 5.41) is 5.65. The molecule has 0 saturated heterocycles. The van der Waals surface area contributed by atoms with Crippen molar-refractivity contribution in [1.82, 2.24) is 5.32 Å². The fraction of sp³-hybridized carbons (Fsp3) is 0.429. The van der Waals surface area contributed by atoms with Crippen molar-refractivity contribution in [3.8, 4) is 0 Å². The average molecular weight is 333 g/mol. The molecule has 0 fully saturated rings. The second-order valence-electron chi connectivity index (χ2n) is 5.45. The quantitative estimate of drug-likeness (QED) is 0.883. The predicted octanol–water partition coefficient (Wildman–Crippen LogP) is 3.85. The SMILES string of the molecule is CC(NC(=O)OC(C)(C)C)C(=O)Nc1c(Cl)cccc1Cl. The summed E-state index contributed by atoms with van der Waals surface area (Å²) in [5.74, 6) is -0.448. The largest absolute Gasteiger partial charge is 0.444 e. The molecule has 2 N–H and O–H groups in total. The third-order valence-electron chi connectivity index (χ3n) is 2.34. The van der Waals surface area contributed by atoms with Gasteiger partial charge in [0.2, 0.25) is 5.91 Å². The van der Waals surface area contributed by atoms with Gasteiger partial charge in [0.05, 0.1) is 15.7 Å². The molecule has 116 valence electrons. The average Bonchev–Trinajstić information content (AvgIpc) is 2.31. The number of carbonyl (C=O) groups is 2. The third kappa shape index (κ3) is 5.81. The van der Waals surface area contributed by atoms with Crippen LogP contribution < -0.4 is 10.6 Å². The van der Waals surface area contributed by atoms with Gasteiger partial charge in [0.25, 0.3) is 0 Å². The van der Waals surface area contributed by atoms with Crippen molar-refractivity contribution in [2.45, 2.75) is 39.3 Å². The Hall–Kier alpha value is -1.46. The van der Waals surface area contributed by atoms with E-state index >= 15 is 0 Å². The van der Waals surface area contributed by atoms with Crippen LogP contribution in [0.4, 0.5) is 10.5 Å². The van der Waals surface area contributed by atoms with Crippen molar-refractivity contribution in [1.29, 1.82) is 0 Å². The van der Waals surface area contributed by atoms with Crippen molar-refractivity contribution in [2.24, 2.45) is 0 Å². The molecular weight excluding hydrogens is 315 g/mol. The molecule has 2 amide bonds. The minimum absolute atomic E-state index is 0.309. The fourth-order valence-corrected chi connectivity index (χ4v) is 1.89. The second kappa shape index (κ2) is 7.00. The van der Waals surface area contributed by atoms with Crippen LogP contribution in [-0.2, 0) is 9.53 Å². The number of ether oxygens (including phenoxy) is 1. The standard InChI is InChI=1S/C14H18Cl2N2O3/c1-8(17-13(20)21-14(2,3)4)12(19)18-11-9(15)6-5-7-10(11)16/h5-8H,1-4H3,(H,17,20)(H,18,19). The number of carbonyl (C=O) groups excluding carboxylic acids is 2. The van der Waals surface area contributed by atoms with E-state index in [1.54, 1.807) is 39.0 Å². The zero-order valence-electron chi connectivity index (χ0n) is 12.3. The summed E-state index contributed by atoms with van der Waals surface area (Å²) in [6.07, 6.45) is -0.671. The molecule has 5 nitrogen and oxygen atoms in total. The van der Waals surface area contributed by atoms with E-state index in [1.165, 1.54) is 6.92 Å². The number of anilines is 1. The summed E-state index contributed by atoms with van der Waals surface area (Å²) in [7, 11) is 0. The smallest absolute Gasteiger partial charge is 0.408 e. The van der Waals surface area contributed by atoms with Crippen LogP contribution in [0.2, 0.25) is 10.0 Å². The zero-order valence-corrected chi connectivity index (χ0v) is 13.8. The minimum Gasteiger partial charge on any atom is -0.444 e. The Morgan fingerprint density at radius 2 is 1.71 bits per heavy atom. The minimum atomic E-state index is -0.799. The number of halogens is 2. The lowest BCUT2D eigenvalue weighted by molar-refractivity contribution is -0.117. The highest BCUT2D eigenvalue weighted by molar-refractivity contribution is 6.39. The van der Waals surface area contributed by atoms with Crippen LogP contribution in [0.3, 0.4) is 0 Å². The number of hydrogen-bond donors (Lipinski definition) is 2. The van der Waals surface area contributed by atoms with E-state index in [2.05, 4.69) is 10.6 Å². The molecule has 0 spiro atoms. The molecule has 0 heterocycles. The van der Waals surface area contributed by atoms with Crippen LogP contribution in [-0.4, -0.2) is 23.6 Å². The van der Waals surface area contributed by atoms with E-state index in [0.717, 1.165) is 0 Å². The van der Waals surface area contributed by atoms with Crippen LogP contribution in [0.15, 0.2) is 18.2 Å². The highest BCUT2D eigenvalue weighted by Gasteiger charge is 2.22. The van der Waals surface area contributed by atoms with Gasteiger partial charge in [0.15, 0.2) is 0 Å². The third-order valence-corrected chi connectivity index (χ3v) is 2.97. The molecule has 1 atom stereocenters. The maximum atomic E-state index is 12.0. The molecule has 0 aliphatic heterocycles. The Bertz CT molecular complexity index is 521. The second-order valence-corrected chi connectivity index (χ2v) is 6.27. The van der Waals surface area contributed by atoms with Gasteiger partial charge in [0.1, 0.15) is 11.6 Å². The molecule has 0 radical (unpaired) electrons. The number of hydrogen-bond acceptors (Lipinski definition) is 3. The number of rotatable bonds is 3. The number of para-hydroxylation sites is 1. The first kappa shape index (κ1) is 17.6. The van der Waals surface area contributed by atoms with Gasteiger partial charge in [-0.25, -0.2) is 4.79 Å². The highest BCUT2D eigenvalue weighted by Crippen LogP contribution is 2.29. The molecule has 0 aliphatic carbocycles. The topological polar surface area (TPSA) is 67.4 Å². The lowest BCUT2D eigenvalue weighted by Gasteiger charge is -2.21. The van der Waals surface area contributed by atoms with E-state index in [1.807, 2.05) is 0 Å². The highest BCUT2D eigenvalue weighted by atomic mass is 35.5. The fourth-order valence-electron chi connectivity index (χ4n) is 1.40. The summed E-state index contributed by atoms with van der Waals surface area (Å²) in [5.41, 5.74) is -0.324. The van der Waals surface area contributed by atoms with Crippen molar-refractivity contribution < 1.29 is 14.3 Å². The van der Waals surface area contributed by atoms with E-state index in [4.69, 9.17) is 27.9 Å². The van der Waals surface area contributed by atoms with Gasteiger partial charge in [-0.05, 0) is 39.8 Å². The monoisotopic (exact) mass is 332 g/mol. The Kier molecular flexibility index (Phi) is 5.87. The molecule has 7 heteroatoms. The maximum Gasteiger partial charge on any atom is 0.408 e. The van der Waals surface area contributed by atoms with Crippen molar-refractivity contribution in [2.75, 3.05) is 5.32 Å². The van der Waals surface area contributed by atoms with Crippen LogP contribution >= 0.6 is 23.2 Å². The first-order valence-electron chi connectivity index (χ1n) is 6.34. The summed E-state index contributed by atoms with van der Waals surface area (Å²) in [6, 6.07) is 4.08.